The molecule has 1 fully saturated rings. The summed E-state index contributed by atoms with van der Waals surface area (Å²) in [5, 5.41) is 9.34. The monoisotopic (exact) mass is 301 g/mol. The van der Waals surface area contributed by atoms with Crippen molar-refractivity contribution in [2.75, 3.05) is 6.61 Å². The number of hydrogen-bond donors (Lipinski definition) is 0. The summed E-state index contributed by atoms with van der Waals surface area (Å²) in [6, 6.07) is 7.70. The summed E-state index contributed by atoms with van der Waals surface area (Å²) in [6.07, 6.45) is 0. The summed E-state index contributed by atoms with van der Waals surface area (Å²) in [5.74, 6) is 1.02. The zero-order valence-corrected chi connectivity index (χ0v) is 14.3. The first-order chi connectivity index (χ1) is 10.2. The van der Waals surface area contributed by atoms with Crippen molar-refractivity contribution < 1.29 is 14.0 Å². The second kappa shape index (κ2) is 5.94. The van der Waals surface area contributed by atoms with E-state index >= 15 is 0 Å². The molecule has 1 heterocycles. The van der Waals surface area contributed by atoms with Crippen LogP contribution in [0.25, 0.3) is 0 Å². The number of nitriles is 1. The number of hydrogen-bond acceptors (Lipinski definition) is 4. The molecule has 22 heavy (non-hydrogen) atoms. The Hall–Kier alpha value is -1.51. The SMILES string of the molecule is CC(C)COc1ccc(B2OC(C)(C)C(C)(C)O2)cc1C#N. The van der Waals surface area contributed by atoms with Crippen LogP contribution in [0.5, 0.6) is 5.75 Å². The van der Waals surface area contributed by atoms with Crippen molar-refractivity contribution in [1.29, 1.82) is 5.26 Å². The van der Waals surface area contributed by atoms with Crippen molar-refractivity contribution in [3.05, 3.63) is 23.8 Å². The van der Waals surface area contributed by atoms with E-state index in [-0.39, 0.29) is 0 Å². The molecule has 0 amide bonds. The fourth-order valence-electron chi connectivity index (χ4n) is 2.14. The van der Waals surface area contributed by atoms with Gasteiger partial charge in [0.15, 0.2) is 0 Å². The summed E-state index contributed by atoms with van der Waals surface area (Å²) in [5.41, 5.74) is 0.564. The van der Waals surface area contributed by atoms with E-state index in [1.807, 2.05) is 39.8 Å². The molecule has 0 aromatic heterocycles. The smallest absolute Gasteiger partial charge is 0.492 e. The van der Waals surface area contributed by atoms with Crippen LogP contribution in [0.15, 0.2) is 18.2 Å². The van der Waals surface area contributed by atoms with Crippen molar-refractivity contribution in [2.45, 2.75) is 52.7 Å². The van der Waals surface area contributed by atoms with E-state index in [0.717, 1.165) is 5.46 Å². The highest BCUT2D eigenvalue weighted by molar-refractivity contribution is 6.62. The fourth-order valence-corrected chi connectivity index (χ4v) is 2.14. The zero-order chi connectivity index (χ0) is 16.5. The van der Waals surface area contributed by atoms with Gasteiger partial charge in [-0.3, -0.25) is 0 Å². The average Bonchev–Trinajstić information content (AvgIpc) is 2.65. The van der Waals surface area contributed by atoms with Crippen LogP contribution >= 0.6 is 0 Å². The highest BCUT2D eigenvalue weighted by Crippen LogP contribution is 2.36. The highest BCUT2D eigenvalue weighted by atomic mass is 16.7. The summed E-state index contributed by atoms with van der Waals surface area (Å²) in [7, 11) is -0.462. The maximum Gasteiger partial charge on any atom is 0.494 e. The number of rotatable bonds is 4. The molecule has 0 N–H and O–H groups in total. The summed E-state index contributed by atoms with van der Waals surface area (Å²) in [4.78, 5) is 0. The van der Waals surface area contributed by atoms with Crippen LogP contribution in [0.3, 0.4) is 0 Å². The summed E-state index contributed by atoms with van der Waals surface area (Å²) in [6.45, 7) is 12.8. The van der Waals surface area contributed by atoms with E-state index in [4.69, 9.17) is 14.0 Å². The van der Waals surface area contributed by atoms with E-state index in [1.54, 1.807) is 6.07 Å². The van der Waals surface area contributed by atoms with Crippen molar-refractivity contribution >= 4 is 12.6 Å². The van der Waals surface area contributed by atoms with Crippen LogP contribution in [0, 0.1) is 17.2 Å². The van der Waals surface area contributed by atoms with Crippen LogP contribution in [-0.2, 0) is 9.31 Å². The molecule has 1 aromatic rings. The van der Waals surface area contributed by atoms with Crippen LogP contribution in [0.1, 0.15) is 47.1 Å². The molecule has 0 saturated carbocycles. The summed E-state index contributed by atoms with van der Waals surface area (Å²) >= 11 is 0. The molecule has 118 valence electrons. The normalized spacial score (nSPS) is 19.3. The predicted molar refractivity (Wildman–Crippen MR) is 87.2 cm³/mol. The topological polar surface area (TPSA) is 51.5 Å². The maximum absolute atomic E-state index is 9.34. The molecule has 1 saturated heterocycles. The molecule has 2 rings (SSSR count). The van der Waals surface area contributed by atoms with Gasteiger partial charge in [-0.25, -0.2) is 0 Å². The molecule has 1 aromatic carbocycles. The second-order valence-corrected chi connectivity index (χ2v) is 7.16. The lowest BCUT2D eigenvalue weighted by Crippen LogP contribution is -2.41. The Morgan fingerprint density at radius 3 is 2.27 bits per heavy atom. The molecule has 0 aliphatic carbocycles. The molecule has 5 heteroatoms. The van der Waals surface area contributed by atoms with Gasteiger partial charge in [0.1, 0.15) is 11.8 Å². The Bertz CT molecular complexity index is 574. The van der Waals surface area contributed by atoms with Crippen molar-refractivity contribution in [1.82, 2.24) is 0 Å². The fraction of sp³-hybridized carbons (Fsp3) is 0.588. The molecule has 4 nitrogen and oxygen atoms in total. The van der Waals surface area contributed by atoms with Gasteiger partial charge >= 0.3 is 7.12 Å². The standard InChI is InChI=1S/C17H24BNO3/c1-12(2)11-20-15-8-7-14(9-13(15)10-19)18-21-16(3,4)17(5,6)22-18/h7-9,12H,11H2,1-6H3. The number of benzene rings is 1. The second-order valence-electron chi connectivity index (χ2n) is 7.16. The van der Waals surface area contributed by atoms with Crippen molar-refractivity contribution in [3.8, 4) is 11.8 Å². The van der Waals surface area contributed by atoms with Gasteiger partial charge in [0.25, 0.3) is 0 Å². The minimum Gasteiger partial charge on any atom is -0.492 e. The van der Waals surface area contributed by atoms with Gasteiger partial charge < -0.3 is 14.0 Å². The molecule has 0 atom stereocenters. The molecule has 0 unspecified atom stereocenters. The lowest BCUT2D eigenvalue weighted by molar-refractivity contribution is 0.00578. The van der Waals surface area contributed by atoms with E-state index in [9.17, 15) is 5.26 Å². The molecule has 0 radical (unpaired) electrons. The van der Waals surface area contributed by atoms with Crippen LogP contribution in [-0.4, -0.2) is 24.9 Å². The molecule has 1 aliphatic rings. The first-order valence-electron chi connectivity index (χ1n) is 7.69. The van der Waals surface area contributed by atoms with E-state index in [1.165, 1.54) is 0 Å². The molecule has 0 spiro atoms. The third kappa shape index (κ3) is 3.29. The largest absolute Gasteiger partial charge is 0.494 e. The van der Waals surface area contributed by atoms with Crippen molar-refractivity contribution in [2.24, 2.45) is 5.92 Å². The van der Waals surface area contributed by atoms with Crippen LogP contribution < -0.4 is 10.2 Å². The predicted octanol–water partition coefficient (Wildman–Crippen LogP) is 2.89. The van der Waals surface area contributed by atoms with Crippen molar-refractivity contribution in [3.63, 3.8) is 0 Å². The molecule has 0 bridgehead atoms. The van der Waals surface area contributed by atoms with Gasteiger partial charge in [-0.15, -0.1) is 0 Å². The Morgan fingerprint density at radius 2 is 1.77 bits per heavy atom. The van der Waals surface area contributed by atoms with Gasteiger partial charge in [-0.05, 0) is 51.2 Å². The van der Waals surface area contributed by atoms with Crippen LogP contribution in [0.4, 0.5) is 0 Å². The lowest BCUT2D eigenvalue weighted by Gasteiger charge is -2.32. The van der Waals surface area contributed by atoms with Gasteiger partial charge in [-0.1, -0.05) is 19.9 Å². The van der Waals surface area contributed by atoms with E-state index < -0.39 is 18.3 Å². The highest BCUT2D eigenvalue weighted by Gasteiger charge is 2.51. The zero-order valence-electron chi connectivity index (χ0n) is 14.3. The number of ether oxygens (including phenoxy) is 1. The third-order valence-electron chi connectivity index (χ3n) is 4.22. The Labute approximate surface area is 133 Å². The first kappa shape index (κ1) is 16.9. The van der Waals surface area contributed by atoms with Gasteiger partial charge in [0.05, 0.1) is 23.4 Å². The van der Waals surface area contributed by atoms with E-state index in [2.05, 4.69) is 19.9 Å². The average molecular weight is 301 g/mol. The number of nitrogens with zero attached hydrogens (tertiary/aromatic N) is 1. The van der Waals surface area contributed by atoms with Gasteiger partial charge in [0, 0.05) is 0 Å². The minimum atomic E-state index is -0.462. The first-order valence-corrected chi connectivity index (χ1v) is 7.69. The Balaban J connectivity index is 2.23. The summed E-state index contributed by atoms with van der Waals surface area (Å²) < 4.78 is 17.7. The molecular weight excluding hydrogens is 277 g/mol. The molecule has 1 aliphatic heterocycles. The Morgan fingerprint density at radius 1 is 1.18 bits per heavy atom. The minimum absolute atomic E-state index is 0.392. The van der Waals surface area contributed by atoms with Gasteiger partial charge in [-0.2, -0.15) is 5.26 Å². The van der Waals surface area contributed by atoms with E-state index in [0.29, 0.717) is 23.8 Å². The van der Waals surface area contributed by atoms with Crippen LogP contribution in [0.2, 0.25) is 0 Å². The maximum atomic E-state index is 9.34. The lowest BCUT2D eigenvalue weighted by atomic mass is 9.78. The Kier molecular flexibility index (Phi) is 4.55. The van der Waals surface area contributed by atoms with Gasteiger partial charge in [0.2, 0.25) is 0 Å². The quantitative estimate of drug-likeness (QED) is 0.802. The third-order valence-corrected chi connectivity index (χ3v) is 4.22. The molecular formula is C17H24BNO3.